The molecule has 114 valence electrons. The van der Waals surface area contributed by atoms with Crippen LogP contribution in [0.2, 0.25) is 0 Å². The van der Waals surface area contributed by atoms with E-state index < -0.39 is 0 Å². The molecule has 1 heterocycles. The Morgan fingerprint density at radius 1 is 1.10 bits per heavy atom. The normalized spacial score (nSPS) is 11.2. The van der Waals surface area contributed by atoms with E-state index in [-0.39, 0.29) is 12.1 Å². The van der Waals surface area contributed by atoms with Gasteiger partial charge in [-0.05, 0) is 26.7 Å². The highest BCUT2D eigenvalue weighted by Gasteiger charge is 2.16. The maximum atomic E-state index is 5.75. The Kier molecular flexibility index (Phi) is 6.48. The summed E-state index contributed by atoms with van der Waals surface area (Å²) in [4.78, 5) is 14.7. The van der Waals surface area contributed by atoms with Crippen LogP contribution in [0.25, 0.3) is 0 Å². The fraction of sp³-hybridized carbons (Fsp3) is 0.786. The summed E-state index contributed by atoms with van der Waals surface area (Å²) < 4.78 is 5.52. The molecule has 0 aromatic carbocycles. The first-order valence-corrected chi connectivity index (χ1v) is 7.43. The lowest BCUT2D eigenvalue weighted by atomic mass is 10.0. The average Bonchev–Trinajstić information content (AvgIpc) is 2.38. The van der Waals surface area contributed by atoms with Crippen LogP contribution in [0.4, 0.5) is 11.9 Å². The third kappa shape index (κ3) is 4.83. The molecule has 6 nitrogen and oxygen atoms in total. The first kappa shape index (κ1) is 16.5. The molecular weight excluding hydrogens is 254 g/mol. The first-order valence-electron chi connectivity index (χ1n) is 7.43. The number of nitrogen functional groups attached to an aromatic ring is 1. The van der Waals surface area contributed by atoms with E-state index >= 15 is 0 Å². The van der Waals surface area contributed by atoms with Gasteiger partial charge >= 0.3 is 6.01 Å². The molecule has 0 bridgehead atoms. The second kappa shape index (κ2) is 7.87. The minimum Gasteiger partial charge on any atom is -0.461 e. The van der Waals surface area contributed by atoms with Crippen LogP contribution in [0, 0.1) is 5.92 Å². The SMILES string of the molecule is CCC(CC)CN(CC)c1nc(N)nc(OC(C)C)n1. The van der Waals surface area contributed by atoms with Crippen LogP contribution in [0.15, 0.2) is 0 Å². The summed E-state index contributed by atoms with van der Waals surface area (Å²) in [7, 11) is 0. The van der Waals surface area contributed by atoms with Crippen molar-refractivity contribution in [2.24, 2.45) is 5.92 Å². The van der Waals surface area contributed by atoms with E-state index in [4.69, 9.17) is 10.5 Å². The Hall–Kier alpha value is -1.59. The van der Waals surface area contributed by atoms with E-state index in [1.165, 1.54) is 0 Å². The van der Waals surface area contributed by atoms with Gasteiger partial charge in [-0.1, -0.05) is 26.7 Å². The third-order valence-corrected chi connectivity index (χ3v) is 3.26. The van der Waals surface area contributed by atoms with Crippen LogP contribution in [0.1, 0.15) is 47.5 Å². The van der Waals surface area contributed by atoms with Crippen molar-refractivity contribution in [1.29, 1.82) is 0 Å². The van der Waals surface area contributed by atoms with E-state index in [0.29, 0.717) is 17.9 Å². The number of aromatic nitrogens is 3. The summed E-state index contributed by atoms with van der Waals surface area (Å²) in [5.74, 6) is 1.43. The largest absolute Gasteiger partial charge is 0.461 e. The van der Waals surface area contributed by atoms with Crippen molar-refractivity contribution >= 4 is 11.9 Å². The van der Waals surface area contributed by atoms with E-state index in [9.17, 15) is 0 Å². The highest BCUT2D eigenvalue weighted by molar-refractivity contribution is 5.35. The van der Waals surface area contributed by atoms with Crippen LogP contribution in [-0.4, -0.2) is 34.1 Å². The number of nitrogens with two attached hydrogens (primary N) is 1. The third-order valence-electron chi connectivity index (χ3n) is 3.26. The molecule has 1 aromatic rings. The molecule has 0 radical (unpaired) electrons. The number of rotatable bonds is 8. The average molecular weight is 281 g/mol. The number of anilines is 2. The molecule has 0 unspecified atom stereocenters. The zero-order valence-electron chi connectivity index (χ0n) is 13.3. The summed E-state index contributed by atoms with van der Waals surface area (Å²) in [5.41, 5.74) is 5.75. The fourth-order valence-electron chi connectivity index (χ4n) is 1.98. The van der Waals surface area contributed by atoms with Crippen LogP contribution >= 0.6 is 0 Å². The molecule has 0 aliphatic heterocycles. The van der Waals surface area contributed by atoms with Crippen molar-refractivity contribution in [1.82, 2.24) is 15.0 Å². The lowest BCUT2D eigenvalue weighted by molar-refractivity contribution is 0.222. The summed E-state index contributed by atoms with van der Waals surface area (Å²) in [5, 5.41) is 0. The summed E-state index contributed by atoms with van der Waals surface area (Å²) in [6.45, 7) is 12.1. The number of hydrogen-bond acceptors (Lipinski definition) is 6. The predicted octanol–water partition coefficient (Wildman–Crippen LogP) is 2.50. The van der Waals surface area contributed by atoms with Gasteiger partial charge < -0.3 is 15.4 Å². The monoisotopic (exact) mass is 281 g/mol. The summed E-state index contributed by atoms with van der Waals surface area (Å²) in [6, 6.07) is 0.297. The second-order valence-corrected chi connectivity index (χ2v) is 5.16. The van der Waals surface area contributed by atoms with Gasteiger partial charge in [0.1, 0.15) is 0 Å². The van der Waals surface area contributed by atoms with Crippen LogP contribution in [0.5, 0.6) is 6.01 Å². The Bertz CT molecular complexity index is 407. The molecule has 20 heavy (non-hydrogen) atoms. The molecule has 6 heteroatoms. The Balaban J connectivity index is 2.93. The standard InChI is InChI=1S/C14H27N5O/c1-6-11(7-2)9-19(8-3)13-16-12(15)17-14(18-13)20-10(4)5/h10-11H,6-9H2,1-5H3,(H2,15,16,17,18). The van der Waals surface area contributed by atoms with Crippen LogP contribution in [0.3, 0.4) is 0 Å². The van der Waals surface area contributed by atoms with E-state index in [0.717, 1.165) is 25.9 Å². The number of nitrogens with zero attached hydrogens (tertiary/aromatic N) is 4. The first-order chi connectivity index (χ1) is 9.49. The molecule has 1 rings (SSSR count). The predicted molar refractivity (Wildman–Crippen MR) is 82.0 cm³/mol. The van der Waals surface area contributed by atoms with Crippen molar-refractivity contribution in [3.63, 3.8) is 0 Å². The van der Waals surface area contributed by atoms with Gasteiger partial charge in [0.2, 0.25) is 11.9 Å². The van der Waals surface area contributed by atoms with Gasteiger partial charge in [0.15, 0.2) is 0 Å². The number of ether oxygens (including phenoxy) is 1. The van der Waals surface area contributed by atoms with Gasteiger partial charge in [-0.2, -0.15) is 15.0 Å². The van der Waals surface area contributed by atoms with E-state index in [1.807, 2.05) is 13.8 Å². The molecule has 0 saturated heterocycles. The lowest BCUT2D eigenvalue weighted by Gasteiger charge is -2.25. The minimum absolute atomic E-state index is 0.0127. The Morgan fingerprint density at radius 2 is 1.75 bits per heavy atom. The van der Waals surface area contributed by atoms with Crippen molar-refractivity contribution in [3.8, 4) is 6.01 Å². The molecule has 0 spiro atoms. The van der Waals surface area contributed by atoms with Gasteiger partial charge in [0, 0.05) is 13.1 Å². The topological polar surface area (TPSA) is 77.2 Å². The molecule has 0 aliphatic carbocycles. The molecule has 0 atom stereocenters. The van der Waals surface area contributed by atoms with Crippen molar-refractivity contribution in [2.75, 3.05) is 23.7 Å². The van der Waals surface area contributed by atoms with Crippen molar-refractivity contribution < 1.29 is 4.74 Å². The smallest absolute Gasteiger partial charge is 0.323 e. The fourth-order valence-corrected chi connectivity index (χ4v) is 1.98. The van der Waals surface area contributed by atoms with Gasteiger partial charge in [-0.3, -0.25) is 0 Å². The molecule has 0 aliphatic rings. The van der Waals surface area contributed by atoms with Crippen LogP contribution in [-0.2, 0) is 0 Å². The van der Waals surface area contributed by atoms with Crippen molar-refractivity contribution in [3.05, 3.63) is 0 Å². The molecule has 1 aromatic heterocycles. The van der Waals surface area contributed by atoms with Crippen molar-refractivity contribution in [2.45, 2.75) is 53.6 Å². The molecule has 0 fully saturated rings. The zero-order chi connectivity index (χ0) is 15.1. The maximum Gasteiger partial charge on any atom is 0.323 e. The number of hydrogen-bond donors (Lipinski definition) is 1. The quantitative estimate of drug-likeness (QED) is 0.789. The van der Waals surface area contributed by atoms with Gasteiger partial charge in [0.05, 0.1) is 6.10 Å². The van der Waals surface area contributed by atoms with Gasteiger partial charge in [-0.15, -0.1) is 0 Å². The highest BCUT2D eigenvalue weighted by Crippen LogP contribution is 2.18. The summed E-state index contributed by atoms with van der Waals surface area (Å²) >= 11 is 0. The molecule has 2 N–H and O–H groups in total. The molecule has 0 amide bonds. The zero-order valence-corrected chi connectivity index (χ0v) is 13.3. The highest BCUT2D eigenvalue weighted by atomic mass is 16.5. The molecular formula is C14H27N5O. The summed E-state index contributed by atoms with van der Waals surface area (Å²) in [6.07, 6.45) is 2.30. The van der Waals surface area contributed by atoms with Crippen LogP contribution < -0.4 is 15.4 Å². The Morgan fingerprint density at radius 3 is 2.25 bits per heavy atom. The van der Waals surface area contributed by atoms with E-state index in [2.05, 4.69) is 40.6 Å². The minimum atomic E-state index is 0.0127. The molecule has 0 saturated carbocycles. The van der Waals surface area contributed by atoms with Gasteiger partial charge in [0.25, 0.3) is 0 Å². The Labute approximate surface area is 121 Å². The maximum absolute atomic E-state index is 5.75. The lowest BCUT2D eigenvalue weighted by Crippen LogP contribution is -2.31. The van der Waals surface area contributed by atoms with Gasteiger partial charge in [-0.25, -0.2) is 0 Å². The second-order valence-electron chi connectivity index (χ2n) is 5.16. The van der Waals surface area contributed by atoms with E-state index in [1.54, 1.807) is 0 Å².